The number of carbonyl (C=O) groups is 2. The van der Waals surface area contributed by atoms with Gasteiger partial charge in [0.1, 0.15) is 6.04 Å². The SMILES string of the molecule is COC(=O)C(Cc1ccccc1)NC(=O)NCc1ccccc1-c1ccc(C2OC(CN(C)CCc3ccccn3)CC(c3ccc(CO)cc3)O2)cc1. The summed E-state index contributed by atoms with van der Waals surface area (Å²) in [4.78, 5) is 32.2. The lowest BCUT2D eigenvalue weighted by Gasteiger charge is -2.38. The molecule has 2 amide bonds. The smallest absolute Gasteiger partial charge is 0.328 e. The Bertz CT molecular complexity index is 1930. The van der Waals surface area contributed by atoms with E-state index >= 15 is 0 Å². The first-order chi connectivity index (χ1) is 26.4. The summed E-state index contributed by atoms with van der Waals surface area (Å²) >= 11 is 0. The molecule has 280 valence electrons. The summed E-state index contributed by atoms with van der Waals surface area (Å²) in [6.07, 6.45) is 2.84. The van der Waals surface area contributed by atoms with Crippen LogP contribution < -0.4 is 10.6 Å². The van der Waals surface area contributed by atoms with E-state index < -0.39 is 24.3 Å². The summed E-state index contributed by atoms with van der Waals surface area (Å²) in [7, 11) is 3.42. The zero-order chi connectivity index (χ0) is 37.7. The molecule has 3 N–H and O–H groups in total. The third-order valence-electron chi connectivity index (χ3n) is 9.63. The molecule has 0 aliphatic carbocycles. The van der Waals surface area contributed by atoms with Gasteiger partial charge < -0.3 is 34.9 Å². The number of carbonyl (C=O) groups excluding carboxylic acids is 2. The predicted molar refractivity (Wildman–Crippen MR) is 207 cm³/mol. The Morgan fingerprint density at radius 2 is 1.59 bits per heavy atom. The number of pyridine rings is 1. The number of aliphatic hydroxyl groups excluding tert-OH is 1. The molecule has 1 aliphatic rings. The summed E-state index contributed by atoms with van der Waals surface area (Å²) in [5, 5.41) is 15.3. The second-order valence-corrected chi connectivity index (χ2v) is 13.6. The van der Waals surface area contributed by atoms with Crippen molar-refractivity contribution in [1.29, 1.82) is 0 Å². The van der Waals surface area contributed by atoms with Crippen LogP contribution in [0.25, 0.3) is 11.1 Å². The number of methoxy groups -OCH3 is 1. The van der Waals surface area contributed by atoms with E-state index in [4.69, 9.17) is 14.2 Å². The van der Waals surface area contributed by atoms with E-state index in [0.29, 0.717) is 12.8 Å². The number of nitrogens with zero attached hydrogens (tertiary/aromatic N) is 2. The Kier molecular flexibility index (Phi) is 13.6. The lowest BCUT2D eigenvalue weighted by Crippen LogP contribution is -2.47. The van der Waals surface area contributed by atoms with Crippen molar-refractivity contribution in [3.8, 4) is 11.1 Å². The van der Waals surface area contributed by atoms with Gasteiger partial charge in [-0.05, 0) is 52.6 Å². The first kappa shape index (κ1) is 38.3. The zero-order valence-corrected chi connectivity index (χ0v) is 30.8. The number of esters is 1. The zero-order valence-electron chi connectivity index (χ0n) is 30.8. The van der Waals surface area contributed by atoms with Gasteiger partial charge in [-0.2, -0.15) is 0 Å². The highest BCUT2D eigenvalue weighted by Gasteiger charge is 2.33. The molecule has 54 heavy (non-hydrogen) atoms. The topological polar surface area (TPSA) is 122 Å². The first-order valence-electron chi connectivity index (χ1n) is 18.3. The highest BCUT2D eigenvalue weighted by Crippen LogP contribution is 2.39. The molecule has 6 rings (SSSR count). The molecule has 1 aromatic heterocycles. The van der Waals surface area contributed by atoms with E-state index in [1.54, 1.807) is 0 Å². The molecule has 0 radical (unpaired) electrons. The number of benzene rings is 4. The summed E-state index contributed by atoms with van der Waals surface area (Å²) in [6.45, 7) is 1.83. The predicted octanol–water partition coefficient (Wildman–Crippen LogP) is 6.54. The van der Waals surface area contributed by atoms with Crippen molar-refractivity contribution in [3.63, 3.8) is 0 Å². The van der Waals surface area contributed by atoms with E-state index in [-0.39, 0.29) is 25.4 Å². The third kappa shape index (κ3) is 10.6. The highest BCUT2D eigenvalue weighted by atomic mass is 16.7. The molecular weight excluding hydrogens is 681 g/mol. The average molecular weight is 729 g/mol. The minimum Gasteiger partial charge on any atom is -0.467 e. The fraction of sp³-hybridized carbons (Fsp3) is 0.295. The van der Waals surface area contributed by atoms with Crippen molar-refractivity contribution in [1.82, 2.24) is 20.5 Å². The van der Waals surface area contributed by atoms with Gasteiger partial charge in [0, 0.05) is 56.4 Å². The maximum atomic E-state index is 13.0. The maximum Gasteiger partial charge on any atom is 0.328 e. The Hall–Kier alpha value is -5.39. The van der Waals surface area contributed by atoms with Crippen LogP contribution in [0.2, 0.25) is 0 Å². The molecule has 0 saturated carbocycles. The summed E-state index contributed by atoms with van der Waals surface area (Å²) in [5.74, 6) is -0.509. The van der Waals surface area contributed by atoms with Crippen LogP contribution in [-0.4, -0.2) is 66.4 Å². The van der Waals surface area contributed by atoms with E-state index in [1.807, 2.05) is 128 Å². The van der Waals surface area contributed by atoms with Crippen LogP contribution in [0.4, 0.5) is 4.79 Å². The van der Waals surface area contributed by atoms with Crippen LogP contribution in [0.3, 0.4) is 0 Å². The average Bonchev–Trinajstić information content (AvgIpc) is 3.22. The van der Waals surface area contributed by atoms with Gasteiger partial charge in [0.05, 0.1) is 25.9 Å². The molecule has 1 fully saturated rings. The van der Waals surface area contributed by atoms with E-state index in [0.717, 1.165) is 64.1 Å². The number of ether oxygens (including phenoxy) is 3. The largest absolute Gasteiger partial charge is 0.467 e. The van der Waals surface area contributed by atoms with Gasteiger partial charge in [0.15, 0.2) is 6.29 Å². The van der Waals surface area contributed by atoms with Crippen LogP contribution in [0, 0.1) is 0 Å². The van der Waals surface area contributed by atoms with Gasteiger partial charge in [-0.25, -0.2) is 9.59 Å². The number of nitrogens with one attached hydrogen (secondary N) is 2. The highest BCUT2D eigenvalue weighted by molar-refractivity contribution is 5.84. The van der Waals surface area contributed by atoms with Crippen molar-refractivity contribution in [3.05, 3.63) is 161 Å². The van der Waals surface area contributed by atoms with Gasteiger partial charge in [0.2, 0.25) is 0 Å². The van der Waals surface area contributed by atoms with Gasteiger partial charge in [0.25, 0.3) is 0 Å². The fourth-order valence-electron chi connectivity index (χ4n) is 6.67. The number of rotatable bonds is 15. The van der Waals surface area contributed by atoms with Crippen molar-refractivity contribution in [2.24, 2.45) is 0 Å². The quantitative estimate of drug-likeness (QED) is 0.104. The molecule has 1 saturated heterocycles. The van der Waals surface area contributed by atoms with E-state index in [1.165, 1.54) is 7.11 Å². The maximum absolute atomic E-state index is 13.0. The third-order valence-corrected chi connectivity index (χ3v) is 9.63. The lowest BCUT2D eigenvalue weighted by molar-refractivity contribution is -0.252. The van der Waals surface area contributed by atoms with E-state index in [2.05, 4.69) is 27.6 Å². The second-order valence-electron chi connectivity index (χ2n) is 13.6. The summed E-state index contributed by atoms with van der Waals surface area (Å²) in [6, 6.07) is 38.1. The molecule has 4 aromatic carbocycles. The number of amides is 2. The number of aromatic nitrogens is 1. The summed E-state index contributed by atoms with van der Waals surface area (Å²) in [5.41, 5.74) is 7.64. The van der Waals surface area contributed by atoms with Crippen LogP contribution in [0.15, 0.2) is 128 Å². The van der Waals surface area contributed by atoms with E-state index in [9.17, 15) is 14.7 Å². The Labute approximate surface area is 317 Å². The molecule has 10 heteroatoms. The number of aliphatic hydroxyl groups is 1. The Morgan fingerprint density at radius 1 is 0.870 bits per heavy atom. The molecule has 0 spiro atoms. The van der Waals surface area contributed by atoms with Crippen molar-refractivity contribution < 1.29 is 28.9 Å². The molecule has 4 atom stereocenters. The second kappa shape index (κ2) is 19.1. The fourth-order valence-corrected chi connectivity index (χ4v) is 6.67. The van der Waals surface area contributed by atoms with Crippen LogP contribution in [0.5, 0.6) is 0 Å². The van der Waals surface area contributed by atoms with Crippen LogP contribution in [0.1, 0.15) is 52.3 Å². The molecule has 1 aliphatic heterocycles. The van der Waals surface area contributed by atoms with Crippen LogP contribution >= 0.6 is 0 Å². The molecule has 0 bridgehead atoms. The minimum absolute atomic E-state index is 0.00934. The standard InChI is InChI=1S/C44H48N4O6/c1-48(25-23-37-13-8-9-24-45-37)29-38-27-41(34-17-15-32(30-49)16-18-34)54-43(53-38)35-21-19-33(20-22-35)39-14-7-6-12-36(39)28-46-44(51)47-40(42(50)52-2)26-31-10-4-3-5-11-31/h3-22,24,38,40-41,43,49H,23,25-30H2,1-2H3,(H2,46,47,51). The number of hydrogen-bond donors (Lipinski definition) is 3. The summed E-state index contributed by atoms with van der Waals surface area (Å²) < 4.78 is 18.2. The molecule has 10 nitrogen and oxygen atoms in total. The molecule has 4 unspecified atom stereocenters. The Balaban J connectivity index is 1.12. The van der Waals surface area contributed by atoms with Gasteiger partial charge in [-0.1, -0.05) is 109 Å². The lowest BCUT2D eigenvalue weighted by atomic mass is 9.97. The molecule has 5 aromatic rings. The van der Waals surface area contributed by atoms with Gasteiger partial charge in [-0.15, -0.1) is 0 Å². The first-order valence-corrected chi connectivity index (χ1v) is 18.3. The normalized spacial score (nSPS) is 17.4. The minimum atomic E-state index is -0.824. The van der Waals surface area contributed by atoms with Crippen molar-refractivity contribution in [2.75, 3.05) is 27.2 Å². The molecule has 2 heterocycles. The van der Waals surface area contributed by atoms with Crippen molar-refractivity contribution in [2.45, 2.75) is 57.0 Å². The number of hydrogen-bond acceptors (Lipinski definition) is 8. The monoisotopic (exact) mass is 728 g/mol. The number of likely N-dealkylation sites (N-methyl/N-ethyl adjacent to an activating group) is 1. The van der Waals surface area contributed by atoms with Gasteiger partial charge in [-0.3, -0.25) is 4.98 Å². The molecular formula is C44H48N4O6. The van der Waals surface area contributed by atoms with Crippen LogP contribution in [-0.2, 0) is 45.0 Å². The number of urea groups is 1. The van der Waals surface area contributed by atoms with Crippen molar-refractivity contribution >= 4 is 12.0 Å². The van der Waals surface area contributed by atoms with Gasteiger partial charge >= 0.3 is 12.0 Å². The Morgan fingerprint density at radius 3 is 2.31 bits per heavy atom.